The summed E-state index contributed by atoms with van der Waals surface area (Å²) in [5.74, 6) is 3.07. The van der Waals surface area contributed by atoms with E-state index in [2.05, 4.69) is 16.3 Å². The lowest BCUT2D eigenvalue weighted by Crippen LogP contribution is -2.39. The topological polar surface area (TPSA) is 54.7 Å². The smallest absolute Gasteiger partial charge is 0.257 e. The van der Waals surface area contributed by atoms with Crippen molar-refractivity contribution in [2.24, 2.45) is 5.92 Å². The highest BCUT2D eigenvalue weighted by molar-refractivity contribution is 6.30. The lowest BCUT2D eigenvalue weighted by molar-refractivity contribution is -0.123. The Balaban J connectivity index is 1.33. The first kappa shape index (κ1) is 19.8. The van der Waals surface area contributed by atoms with Gasteiger partial charge >= 0.3 is 0 Å². The molecular weight excluding hydrogens is 364 g/mol. The highest BCUT2D eigenvalue weighted by Gasteiger charge is 2.21. The van der Waals surface area contributed by atoms with E-state index >= 15 is 0 Å². The van der Waals surface area contributed by atoms with Gasteiger partial charge in [0.1, 0.15) is 17.3 Å². The van der Waals surface area contributed by atoms with Gasteiger partial charge in [-0.25, -0.2) is 0 Å². The van der Waals surface area contributed by atoms with Crippen molar-refractivity contribution in [1.82, 2.24) is 10.2 Å². The maximum absolute atomic E-state index is 12.0. The Morgan fingerprint density at radius 1 is 1.26 bits per heavy atom. The second-order valence-electron chi connectivity index (χ2n) is 7.20. The Bertz CT molecular complexity index is 749. The molecule has 3 rings (SSSR count). The number of hydrogen-bond acceptors (Lipinski definition) is 4. The fraction of sp³-hybridized carbons (Fsp3) is 0.476. The van der Waals surface area contributed by atoms with E-state index in [1.807, 2.05) is 13.8 Å². The molecule has 2 aromatic rings. The molecule has 0 bridgehead atoms. The molecule has 6 heteroatoms. The zero-order chi connectivity index (χ0) is 19.2. The van der Waals surface area contributed by atoms with Gasteiger partial charge in [-0.3, -0.25) is 9.69 Å². The summed E-state index contributed by atoms with van der Waals surface area (Å²) < 4.78 is 11.1. The molecule has 0 atom stereocenters. The first-order valence-electron chi connectivity index (χ1n) is 9.43. The summed E-state index contributed by atoms with van der Waals surface area (Å²) in [6.45, 7) is 7.78. The van der Waals surface area contributed by atoms with Crippen LogP contribution in [0.15, 0.2) is 34.7 Å². The van der Waals surface area contributed by atoms with Gasteiger partial charge in [-0.2, -0.15) is 0 Å². The highest BCUT2D eigenvalue weighted by Crippen LogP contribution is 2.21. The third kappa shape index (κ3) is 6.01. The normalized spacial score (nSPS) is 15.7. The van der Waals surface area contributed by atoms with Crippen LogP contribution in [0.3, 0.4) is 0 Å². The number of aryl methyl sites for hydroxylation is 2. The predicted octanol–water partition coefficient (Wildman–Crippen LogP) is 3.96. The maximum atomic E-state index is 12.0. The van der Waals surface area contributed by atoms with E-state index in [1.165, 1.54) is 5.56 Å². The molecule has 1 aliphatic heterocycles. The van der Waals surface area contributed by atoms with E-state index in [1.54, 1.807) is 24.3 Å². The molecule has 1 amide bonds. The Hall–Kier alpha value is -1.98. The number of nitrogens with zero attached hydrogens (tertiary/aromatic N) is 1. The van der Waals surface area contributed by atoms with Crippen LogP contribution in [0.5, 0.6) is 5.75 Å². The lowest BCUT2D eigenvalue weighted by Gasteiger charge is -2.31. The summed E-state index contributed by atoms with van der Waals surface area (Å²) in [7, 11) is 0. The van der Waals surface area contributed by atoms with Gasteiger partial charge in [-0.15, -0.1) is 0 Å². The molecule has 0 saturated carbocycles. The summed E-state index contributed by atoms with van der Waals surface area (Å²) in [5, 5.41) is 3.64. The Morgan fingerprint density at radius 3 is 2.59 bits per heavy atom. The number of piperidine rings is 1. The van der Waals surface area contributed by atoms with Crippen LogP contribution in [-0.4, -0.2) is 37.0 Å². The number of carbonyl (C=O) groups is 1. The number of halogens is 1. The molecule has 27 heavy (non-hydrogen) atoms. The number of hydrogen-bond donors (Lipinski definition) is 1. The summed E-state index contributed by atoms with van der Waals surface area (Å²) in [6.07, 6.45) is 2.18. The minimum atomic E-state index is -0.0862. The zero-order valence-corrected chi connectivity index (χ0v) is 16.7. The average molecular weight is 391 g/mol. The first-order valence-corrected chi connectivity index (χ1v) is 9.80. The fourth-order valence-electron chi connectivity index (χ4n) is 3.42. The monoisotopic (exact) mass is 390 g/mol. The van der Waals surface area contributed by atoms with E-state index in [-0.39, 0.29) is 12.5 Å². The molecule has 5 nitrogen and oxygen atoms in total. The number of likely N-dealkylation sites (tertiary alicyclic amines) is 1. The van der Waals surface area contributed by atoms with Crippen LogP contribution in [0.25, 0.3) is 0 Å². The van der Waals surface area contributed by atoms with Crippen LogP contribution in [0, 0.1) is 19.8 Å². The zero-order valence-electron chi connectivity index (χ0n) is 16.0. The maximum Gasteiger partial charge on any atom is 0.257 e. The Morgan fingerprint density at radius 2 is 1.96 bits per heavy atom. The molecule has 1 aromatic carbocycles. The number of benzene rings is 1. The van der Waals surface area contributed by atoms with Crippen molar-refractivity contribution in [3.05, 3.63) is 52.4 Å². The van der Waals surface area contributed by atoms with Crippen LogP contribution in [-0.2, 0) is 11.3 Å². The minimum Gasteiger partial charge on any atom is -0.484 e. The molecule has 1 fully saturated rings. The summed E-state index contributed by atoms with van der Waals surface area (Å²) in [6, 6.07) is 9.13. The first-order chi connectivity index (χ1) is 13.0. The van der Waals surface area contributed by atoms with E-state index in [9.17, 15) is 4.79 Å². The molecule has 0 spiro atoms. The van der Waals surface area contributed by atoms with Gasteiger partial charge < -0.3 is 14.5 Å². The second-order valence-corrected chi connectivity index (χ2v) is 7.64. The van der Waals surface area contributed by atoms with Crippen molar-refractivity contribution in [1.29, 1.82) is 0 Å². The van der Waals surface area contributed by atoms with Crippen molar-refractivity contribution >= 4 is 17.5 Å². The summed E-state index contributed by atoms with van der Waals surface area (Å²) >= 11 is 5.83. The Kier molecular flexibility index (Phi) is 6.80. The fourth-order valence-corrected chi connectivity index (χ4v) is 3.54. The molecule has 146 valence electrons. The molecule has 2 heterocycles. The van der Waals surface area contributed by atoms with Crippen LogP contribution in [0.1, 0.15) is 29.9 Å². The van der Waals surface area contributed by atoms with Crippen molar-refractivity contribution < 1.29 is 13.9 Å². The number of ether oxygens (including phenoxy) is 1. The minimum absolute atomic E-state index is 0.0274. The molecule has 1 aromatic heterocycles. The number of amides is 1. The quantitative estimate of drug-likeness (QED) is 0.777. The predicted molar refractivity (Wildman–Crippen MR) is 106 cm³/mol. The van der Waals surface area contributed by atoms with E-state index in [0.717, 1.165) is 44.0 Å². The number of rotatable bonds is 7. The van der Waals surface area contributed by atoms with E-state index < -0.39 is 0 Å². The molecule has 0 aliphatic carbocycles. The SMILES string of the molecule is Cc1cc(CN2CCC(CNC(=O)COc3ccc(Cl)cc3)CC2)c(C)o1. The Labute approximate surface area is 165 Å². The van der Waals surface area contributed by atoms with Crippen LogP contribution >= 0.6 is 11.6 Å². The highest BCUT2D eigenvalue weighted by atomic mass is 35.5. The number of carbonyl (C=O) groups excluding carboxylic acids is 1. The molecular formula is C21H27ClN2O3. The number of furan rings is 1. The van der Waals surface area contributed by atoms with Gasteiger partial charge in [-0.1, -0.05) is 11.6 Å². The van der Waals surface area contributed by atoms with Gasteiger partial charge in [0, 0.05) is 23.7 Å². The third-order valence-corrected chi connectivity index (χ3v) is 5.27. The standard InChI is InChI=1S/C21H27ClN2O3/c1-15-11-18(16(2)27-15)13-24-9-7-17(8-10-24)12-23-21(25)14-26-20-5-3-19(22)4-6-20/h3-6,11,17H,7-10,12-14H2,1-2H3,(H,23,25). The van der Waals surface area contributed by atoms with Gasteiger partial charge in [0.2, 0.25) is 0 Å². The van der Waals surface area contributed by atoms with Gasteiger partial charge in [0.05, 0.1) is 0 Å². The molecule has 0 unspecified atom stereocenters. The molecule has 1 aliphatic rings. The van der Waals surface area contributed by atoms with Crippen LogP contribution in [0.2, 0.25) is 5.02 Å². The second kappa shape index (κ2) is 9.29. The summed E-state index contributed by atoms with van der Waals surface area (Å²) in [4.78, 5) is 14.4. The van der Waals surface area contributed by atoms with Crippen molar-refractivity contribution in [3.63, 3.8) is 0 Å². The number of nitrogens with one attached hydrogen (secondary N) is 1. The van der Waals surface area contributed by atoms with Gasteiger partial charge in [0.15, 0.2) is 6.61 Å². The van der Waals surface area contributed by atoms with E-state index in [0.29, 0.717) is 23.2 Å². The molecule has 1 saturated heterocycles. The molecule has 1 N–H and O–H groups in total. The lowest BCUT2D eigenvalue weighted by atomic mass is 9.96. The van der Waals surface area contributed by atoms with E-state index in [4.69, 9.17) is 20.8 Å². The van der Waals surface area contributed by atoms with Crippen LogP contribution < -0.4 is 10.1 Å². The van der Waals surface area contributed by atoms with Crippen molar-refractivity contribution in [2.45, 2.75) is 33.2 Å². The van der Waals surface area contributed by atoms with Gasteiger partial charge in [-0.05, 0) is 76.0 Å². The molecule has 0 radical (unpaired) electrons. The average Bonchev–Trinajstić information content (AvgIpc) is 2.97. The summed E-state index contributed by atoms with van der Waals surface area (Å²) in [5.41, 5.74) is 1.28. The third-order valence-electron chi connectivity index (χ3n) is 5.02. The van der Waals surface area contributed by atoms with Gasteiger partial charge in [0.25, 0.3) is 5.91 Å². The van der Waals surface area contributed by atoms with Crippen molar-refractivity contribution in [3.8, 4) is 5.75 Å². The van der Waals surface area contributed by atoms with Crippen molar-refractivity contribution in [2.75, 3.05) is 26.2 Å². The van der Waals surface area contributed by atoms with Crippen LogP contribution in [0.4, 0.5) is 0 Å². The largest absolute Gasteiger partial charge is 0.484 e.